The first-order chi connectivity index (χ1) is 19.8. The summed E-state index contributed by atoms with van der Waals surface area (Å²) in [7, 11) is -0.486. The number of hydrogen-bond donors (Lipinski definition) is 1. The highest BCUT2D eigenvalue weighted by Gasteiger charge is 2.35. The van der Waals surface area contributed by atoms with Crippen LogP contribution in [0.25, 0.3) is 0 Å². The quantitative estimate of drug-likeness (QED) is 0.408. The van der Waals surface area contributed by atoms with Crippen molar-refractivity contribution in [2.45, 2.75) is 47.8 Å². The van der Waals surface area contributed by atoms with Crippen LogP contribution in [-0.4, -0.2) is 53.5 Å². The molecule has 0 aliphatic carbocycles. The minimum atomic E-state index is -3.69. The average molecular weight is 594 g/mol. The lowest BCUT2D eigenvalue weighted by molar-refractivity contribution is -0.121. The summed E-state index contributed by atoms with van der Waals surface area (Å²) in [5.41, 5.74) is 3.29. The number of fused-ring (bicyclic) bond motifs is 3. The second-order valence-corrected chi connectivity index (χ2v) is 13.3. The van der Waals surface area contributed by atoms with E-state index in [9.17, 15) is 18.0 Å². The molecule has 3 aliphatic rings. The number of para-hydroxylation sites is 1. The van der Waals surface area contributed by atoms with Gasteiger partial charge in [0.2, 0.25) is 15.7 Å². The fraction of sp³-hybridized carbons (Fsp3) is 0.367. The van der Waals surface area contributed by atoms with E-state index in [1.165, 1.54) is 18.4 Å². The van der Waals surface area contributed by atoms with Gasteiger partial charge in [0.05, 0.1) is 39.8 Å². The average Bonchev–Trinajstić information content (AvgIpc) is 3.42. The molecular formula is C30H31N3O6S2. The van der Waals surface area contributed by atoms with Crippen molar-refractivity contribution < 1.29 is 27.5 Å². The van der Waals surface area contributed by atoms with Gasteiger partial charge < -0.3 is 19.7 Å². The zero-order valence-corrected chi connectivity index (χ0v) is 24.5. The largest absolute Gasteiger partial charge is 0.465 e. The molecule has 214 valence electrons. The van der Waals surface area contributed by atoms with Crippen LogP contribution in [0, 0.1) is 5.92 Å². The molecule has 0 spiro atoms. The van der Waals surface area contributed by atoms with E-state index >= 15 is 0 Å². The van der Waals surface area contributed by atoms with Gasteiger partial charge in [0.15, 0.2) is 0 Å². The number of sulfone groups is 1. The SMILES string of the molecule is COC(=O)c1csc2c1CCC(NC(=O)C(CC1CCOCC1)c1ccc3c(c1)N(C)c1ccccc1S3(=O)=O)=N2. The van der Waals surface area contributed by atoms with Crippen LogP contribution in [0.2, 0.25) is 0 Å². The third kappa shape index (κ3) is 5.06. The molecule has 1 aromatic heterocycles. The predicted molar refractivity (Wildman–Crippen MR) is 157 cm³/mol. The van der Waals surface area contributed by atoms with Crippen LogP contribution >= 0.6 is 11.3 Å². The monoisotopic (exact) mass is 593 g/mol. The number of anilines is 2. The Hall–Kier alpha value is -3.54. The molecule has 3 aliphatic heterocycles. The zero-order chi connectivity index (χ0) is 28.7. The standard InChI is InChI=1S/C30H31N3O6S2/c1-33-23-5-3-4-6-25(23)41(36,37)26-9-7-19(16-24(26)33)21(15-18-11-13-39-14-12-18)28(34)31-27-10-8-20-22(30(35)38-2)17-40-29(20)32-27/h3-7,9,16-18,21H,8,10-15H2,1-2H3,(H,31,32,34). The molecule has 0 radical (unpaired) electrons. The molecular weight excluding hydrogens is 562 g/mol. The highest BCUT2D eigenvalue weighted by molar-refractivity contribution is 7.92. The van der Waals surface area contributed by atoms with Crippen molar-refractivity contribution in [2.24, 2.45) is 10.9 Å². The van der Waals surface area contributed by atoms with Crippen LogP contribution in [-0.2, 0) is 30.5 Å². The number of esters is 1. The number of methoxy groups -OCH3 is 1. The second kappa shape index (κ2) is 11.0. The van der Waals surface area contributed by atoms with Crippen LogP contribution in [0.15, 0.2) is 62.6 Å². The van der Waals surface area contributed by atoms with Crippen LogP contribution in [0.3, 0.4) is 0 Å². The molecule has 1 amide bonds. The van der Waals surface area contributed by atoms with E-state index in [4.69, 9.17) is 9.47 Å². The number of ether oxygens (including phenoxy) is 2. The van der Waals surface area contributed by atoms with Crippen LogP contribution < -0.4 is 10.2 Å². The lowest BCUT2D eigenvalue weighted by Crippen LogP contribution is -2.37. The number of benzene rings is 2. The summed E-state index contributed by atoms with van der Waals surface area (Å²) in [6.07, 6.45) is 3.42. The summed E-state index contributed by atoms with van der Waals surface area (Å²) in [6, 6.07) is 12.2. The first kappa shape index (κ1) is 27.6. The Bertz CT molecular complexity index is 1660. The van der Waals surface area contributed by atoms with Crippen molar-refractivity contribution in [3.8, 4) is 0 Å². The van der Waals surface area contributed by atoms with Crippen LogP contribution in [0.1, 0.15) is 53.1 Å². The van der Waals surface area contributed by atoms with Crippen LogP contribution in [0.4, 0.5) is 16.4 Å². The van der Waals surface area contributed by atoms with Crippen molar-refractivity contribution >= 4 is 55.3 Å². The van der Waals surface area contributed by atoms with Gasteiger partial charge in [-0.1, -0.05) is 18.2 Å². The summed E-state index contributed by atoms with van der Waals surface area (Å²) in [5, 5.41) is 5.51. The molecule has 41 heavy (non-hydrogen) atoms. The van der Waals surface area contributed by atoms with E-state index in [2.05, 4.69) is 10.3 Å². The topological polar surface area (TPSA) is 114 Å². The van der Waals surface area contributed by atoms with Gasteiger partial charge in [0.1, 0.15) is 10.8 Å². The van der Waals surface area contributed by atoms with E-state index in [0.717, 1.165) is 24.0 Å². The van der Waals surface area contributed by atoms with E-state index in [1.807, 2.05) is 24.1 Å². The fourth-order valence-electron chi connectivity index (χ4n) is 5.89. The Morgan fingerprint density at radius 2 is 1.88 bits per heavy atom. The number of carbonyl (C=O) groups excluding carboxylic acids is 2. The maximum Gasteiger partial charge on any atom is 0.339 e. The summed E-state index contributed by atoms with van der Waals surface area (Å²) in [5.74, 6) is -0.203. The van der Waals surface area contributed by atoms with E-state index in [-0.39, 0.29) is 21.7 Å². The number of aliphatic imine (C=N–C) groups is 1. The normalized spacial score (nSPS) is 18.4. The van der Waals surface area contributed by atoms with E-state index in [0.29, 0.717) is 66.2 Å². The summed E-state index contributed by atoms with van der Waals surface area (Å²) in [4.78, 5) is 33.0. The van der Waals surface area contributed by atoms with Crippen LogP contribution in [0.5, 0.6) is 0 Å². The molecule has 0 bridgehead atoms. The first-order valence-corrected chi connectivity index (χ1v) is 16.0. The minimum Gasteiger partial charge on any atom is -0.465 e. The molecule has 6 rings (SSSR count). The van der Waals surface area contributed by atoms with E-state index in [1.54, 1.807) is 35.7 Å². The van der Waals surface area contributed by atoms with Crippen molar-refractivity contribution in [3.63, 3.8) is 0 Å². The number of nitrogens with one attached hydrogen (secondary N) is 1. The number of thiophene rings is 1. The lowest BCUT2D eigenvalue weighted by atomic mass is 9.84. The Morgan fingerprint density at radius 1 is 1.12 bits per heavy atom. The lowest BCUT2D eigenvalue weighted by Gasteiger charge is -2.31. The minimum absolute atomic E-state index is 0.176. The van der Waals surface area contributed by atoms with Gasteiger partial charge in [-0.25, -0.2) is 18.2 Å². The van der Waals surface area contributed by atoms with Gasteiger partial charge >= 0.3 is 5.97 Å². The Kier molecular flexibility index (Phi) is 7.43. The summed E-state index contributed by atoms with van der Waals surface area (Å²) >= 11 is 1.35. The Morgan fingerprint density at radius 3 is 2.66 bits per heavy atom. The van der Waals surface area contributed by atoms with Gasteiger partial charge in [-0.2, -0.15) is 0 Å². The molecule has 9 nitrogen and oxygen atoms in total. The molecule has 1 unspecified atom stereocenters. The van der Waals surface area contributed by atoms with Gasteiger partial charge in [-0.3, -0.25) is 4.79 Å². The summed E-state index contributed by atoms with van der Waals surface area (Å²) < 4.78 is 37.3. The molecule has 1 N–H and O–H groups in total. The third-order valence-electron chi connectivity index (χ3n) is 8.17. The van der Waals surface area contributed by atoms with Crippen molar-refractivity contribution in [2.75, 3.05) is 32.3 Å². The number of carbonyl (C=O) groups is 2. The number of hydrogen-bond acceptors (Lipinski definition) is 9. The Balaban J connectivity index is 1.32. The molecule has 11 heteroatoms. The molecule has 3 aromatic rings. The molecule has 1 saturated heterocycles. The molecule has 4 heterocycles. The number of rotatable bonds is 5. The van der Waals surface area contributed by atoms with Crippen molar-refractivity contribution in [3.05, 3.63) is 64.5 Å². The fourth-order valence-corrected chi connectivity index (χ4v) is 8.57. The third-order valence-corrected chi connectivity index (χ3v) is 10.9. The molecule has 2 aromatic carbocycles. The highest BCUT2D eigenvalue weighted by atomic mass is 32.2. The highest BCUT2D eigenvalue weighted by Crippen LogP contribution is 2.45. The van der Waals surface area contributed by atoms with Gasteiger partial charge in [0.25, 0.3) is 0 Å². The van der Waals surface area contributed by atoms with Crippen molar-refractivity contribution in [1.82, 2.24) is 5.32 Å². The van der Waals surface area contributed by atoms with Gasteiger partial charge in [-0.05, 0) is 61.4 Å². The summed E-state index contributed by atoms with van der Waals surface area (Å²) in [6.45, 7) is 1.33. The van der Waals surface area contributed by atoms with Crippen molar-refractivity contribution in [1.29, 1.82) is 0 Å². The molecule has 1 fully saturated rings. The maximum absolute atomic E-state index is 13.9. The maximum atomic E-state index is 13.9. The van der Waals surface area contributed by atoms with Gasteiger partial charge in [0, 0.05) is 37.6 Å². The molecule has 0 saturated carbocycles. The number of amides is 1. The smallest absolute Gasteiger partial charge is 0.339 e. The predicted octanol–water partition coefficient (Wildman–Crippen LogP) is 5.14. The first-order valence-electron chi connectivity index (χ1n) is 13.6. The molecule has 1 atom stereocenters. The van der Waals surface area contributed by atoms with Gasteiger partial charge in [-0.15, -0.1) is 11.3 Å². The van der Waals surface area contributed by atoms with E-state index < -0.39 is 15.8 Å². The number of amidine groups is 1. The number of nitrogens with zero attached hydrogens (tertiary/aromatic N) is 2. The Labute approximate surface area is 243 Å². The second-order valence-electron chi connectivity index (χ2n) is 10.6. The zero-order valence-electron chi connectivity index (χ0n) is 22.9.